The van der Waals surface area contributed by atoms with Gasteiger partial charge in [0, 0.05) is 6.04 Å². The Kier molecular flexibility index (Phi) is 5.05. The minimum absolute atomic E-state index is 0.147. The highest BCUT2D eigenvalue weighted by molar-refractivity contribution is 5.69. The van der Waals surface area contributed by atoms with Crippen molar-refractivity contribution in [3.05, 3.63) is 35.1 Å². The molecule has 2 rings (SSSR count). The van der Waals surface area contributed by atoms with Gasteiger partial charge in [0.25, 0.3) is 0 Å². The molecule has 1 N–H and O–H groups in total. The molecular weight excluding hydrogens is 302 g/mol. The van der Waals surface area contributed by atoms with Crippen molar-refractivity contribution in [2.45, 2.75) is 37.9 Å². The third kappa shape index (κ3) is 4.43. The molecule has 1 atom stereocenters. The maximum atomic E-state index is 13.4. The average Bonchev–Trinajstić information content (AvgIpc) is 2.39. The van der Waals surface area contributed by atoms with Gasteiger partial charge in [-0.2, -0.15) is 13.2 Å². The van der Waals surface area contributed by atoms with Gasteiger partial charge < -0.3 is 5.11 Å². The van der Waals surface area contributed by atoms with Gasteiger partial charge in [0.2, 0.25) is 0 Å². The van der Waals surface area contributed by atoms with E-state index in [4.69, 9.17) is 5.11 Å². The van der Waals surface area contributed by atoms with Crippen molar-refractivity contribution in [3.8, 4) is 0 Å². The van der Waals surface area contributed by atoms with E-state index in [2.05, 4.69) is 0 Å². The van der Waals surface area contributed by atoms with Crippen LogP contribution in [0.1, 0.15) is 30.4 Å². The number of carbonyl (C=O) groups is 1. The summed E-state index contributed by atoms with van der Waals surface area (Å²) < 4.78 is 51.6. The van der Waals surface area contributed by atoms with E-state index in [0.29, 0.717) is 19.0 Å². The summed E-state index contributed by atoms with van der Waals surface area (Å²) in [5, 5.41) is 8.89. The zero-order valence-corrected chi connectivity index (χ0v) is 11.9. The van der Waals surface area contributed by atoms with Gasteiger partial charge in [-0.3, -0.25) is 9.69 Å². The fourth-order valence-corrected chi connectivity index (χ4v) is 2.88. The number of piperidine rings is 1. The summed E-state index contributed by atoms with van der Waals surface area (Å²) in [5.74, 6) is -1.90. The lowest BCUT2D eigenvalue weighted by atomic mass is 9.94. The van der Waals surface area contributed by atoms with E-state index >= 15 is 0 Å². The Morgan fingerprint density at radius 1 is 1.27 bits per heavy atom. The summed E-state index contributed by atoms with van der Waals surface area (Å²) in [5.41, 5.74) is -0.766. The Balaban J connectivity index is 2.17. The maximum Gasteiger partial charge on any atom is 0.416 e. The van der Waals surface area contributed by atoms with E-state index in [-0.39, 0.29) is 24.6 Å². The highest BCUT2D eigenvalue weighted by atomic mass is 19.4. The molecule has 0 aliphatic carbocycles. The second-order valence-corrected chi connectivity index (χ2v) is 5.56. The Labute approximate surface area is 125 Å². The molecule has 3 nitrogen and oxygen atoms in total. The van der Waals surface area contributed by atoms with Crippen molar-refractivity contribution in [1.82, 2.24) is 4.90 Å². The smallest absolute Gasteiger partial charge is 0.416 e. The Morgan fingerprint density at radius 3 is 2.64 bits per heavy atom. The van der Waals surface area contributed by atoms with E-state index in [0.717, 1.165) is 25.0 Å². The predicted octanol–water partition coefficient (Wildman–Crippen LogP) is 3.33. The van der Waals surface area contributed by atoms with Crippen molar-refractivity contribution in [2.24, 2.45) is 0 Å². The van der Waals surface area contributed by atoms with Crippen LogP contribution < -0.4 is 0 Å². The zero-order chi connectivity index (χ0) is 16.3. The van der Waals surface area contributed by atoms with Crippen molar-refractivity contribution in [2.75, 3.05) is 13.1 Å². The van der Waals surface area contributed by atoms with Gasteiger partial charge in [-0.15, -0.1) is 0 Å². The number of nitrogens with zero attached hydrogens (tertiary/aromatic N) is 1. The Bertz CT molecular complexity index is 545. The lowest BCUT2D eigenvalue weighted by Gasteiger charge is -2.34. The molecule has 1 fully saturated rings. The first-order valence-electron chi connectivity index (χ1n) is 7.08. The minimum atomic E-state index is -4.59. The second-order valence-electron chi connectivity index (χ2n) is 5.56. The van der Waals surface area contributed by atoms with Crippen molar-refractivity contribution < 1.29 is 27.5 Å². The van der Waals surface area contributed by atoms with Gasteiger partial charge in [-0.1, -0.05) is 6.42 Å². The van der Waals surface area contributed by atoms with Gasteiger partial charge >= 0.3 is 12.1 Å². The largest absolute Gasteiger partial charge is 0.480 e. The molecule has 1 saturated heterocycles. The van der Waals surface area contributed by atoms with Crippen LogP contribution in [0.3, 0.4) is 0 Å². The van der Waals surface area contributed by atoms with Crippen molar-refractivity contribution >= 4 is 5.97 Å². The first-order valence-corrected chi connectivity index (χ1v) is 7.08. The number of alkyl halides is 3. The maximum absolute atomic E-state index is 13.4. The zero-order valence-electron chi connectivity index (χ0n) is 11.9. The number of carboxylic acids is 1. The van der Waals surface area contributed by atoms with Crippen LogP contribution in [0.2, 0.25) is 0 Å². The van der Waals surface area contributed by atoms with Gasteiger partial charge in [0.05, 0.1) is 12.1 Å². The van der Waals surface area contributed by atoms with E-state index < -0.39 is 23.5 Å². The molecule has 0 amide bonds. The monoisotopic (exact) mass is 319 g/mol. The fourth-order valence-electron chi connectivity index (χ4n) is 2.88. The summed E-state index contributed by atoms with van der Waals surface area (Å²) in [6, 6.07) is 2.33. The molecule has 0 saturated carbocycles. The molecule has 1 heterocycles. The number of rotatable bonds is 4. The SMILES string of the molecule is O=C(O)CN1CCCCC1Cc1cc(F)cc(C(F)(F)F)c1. The van der Waals surface area contributed by atoms with Crippen molar-refractivity contribution in [1.29, 1.82) is 0 Å². The van der Waals surface area contributed by atoms with Crippen LogP contribution >= 0.6 is 0 Å². The van der Waals surface area contributed by atoms with Gasteiger partial charge in [-0.05, 0) is 49.6 Å². The summed E-state index contributed by atoms with van der Waals surface area (Å²) in [4.78, 5) is 12.6. The fraction of sp³-hybridized carbons (Fsp3) is 0.533. The number of aliphatic carboxylic acids is 1. The highest BCUT2D eigenvalue weighted by Crippen LogP contribution is 2.31. The van der Waals surface area contributed by atoms with Crippen LogP contribution in [0.25, 0.3) is 0 Å². The number of benzene rings is 1. The summed E-state index contributed by atoms with van der Waals surface area (Å²) in [6.07, 6.45) is -1.92. The summed E-state index contributed by atoms with van der Waals surface area (Å²) in [6.45, 7) is 0.449. The Morgan fingerprint density at radius 2 is 2.00 bits per heavy atom. The number of halogens is 4. The Hall–Kier alpha value is -1.63. The number of carboxylic acid groups (broad SMARTS) is 1. The molecule has 122 valence electrons. The molecule has 1 unspecified atom stereocenters. The highest BCUT2D eigenvalue weighted by Gasteiger charge is 2.32. The molecule has 0 spiro atoms. The van der Waals surface area contributed by atoms with E-state index in [9.17, 15) is 22.4 Å². The first kappa shape index (κ1) is 16.7. The van der Waals surface area contributed by atoms with Crippen LogP contribution in [0, 0.1) is 5.82 Å². The molecule has 0 aromatic heterocycles. The van der Waals surface area contributed by atoms with Crippen LogP contribution in [-0.4, -0.2) is 35.1 Å². The topological polar surface area (TPSA) is 40.5 Å². The molecule has 1 aliphatic rings. The van der Waals surface area contributed by atoms with Crippen molar-refractivity contribution in [3.63, 3.8) is 0 Å². The third-order valence-electron chi connectivity index (χ3n) is 3.84. The van der Waals surface area contributed by atoms with Gasteiger partial charge in [-0.25, -0.2) is 4.39 Å². The molecule has 1 aromatic carbocycles. The van der Waals surface area contributed by atoms with Crippen LogP contribution in [0.15, 0.2) is 18.2 Å². The average molecular weight is 319 g/mol. The molecule has 7 heteroatoms. The molecule has 0 radical (unpaired) electrons. The first-order chi connectivity index (χ1) is 10.3. The lowest BCUT2D eigenvalue weighted by Crippen LogP contribution is -2.43. The van der Waals surface area contributed by atoms with E-state index in [1.165, 1.54) is 0 Å². The van der Waals surface area contributed by atoms with Gasteiger partial charge in [0.15, 0.2) is 0 Å². The standard InChI is InChI=1S/C15H17F4NO2/c16-12-6-10(5-11(8-12)15(17,18)19)7-13-3-1-2-4-20(13)9-14(21)22/h5-6,8,13H,1-4,7,9H2,(H,21,22). The van der Waals surface area contributed by atoms with Crippen LogP contribution in [-0.2, 0) is 17.4 Å². The summed E-state index contributed by atoms with van der Waals surface area (Å²) in [7, 11) is 0. The normalized spacial score (nSPS) is 20.1. The molecule has 22 heavy (non-hydrogen) atoms. The molecule has 1 aromatic rings. The molecule has 0 bridgehead atoms. The third-order valence-corrected chi connectivity index (χ3v) is 3.84. The quantitative estimate of drug-likeness (QED) is 0.866. The van der Waals surface area contributed by atoms with Gasteiger partial charge in [0.1, 0.15) is 5.82 Å². The lowest BCUT2D eigenvalue weighted by molar-refractivity contribution is -0.139. The second kappa shape index (κ2) is 6.64. The van der Waals surface area contributed by atoms with Crippen LogP contribution in [0.5, 0.6) is 0 Å². The number of hydrogen-bond donors (Lipinski definition) is 1. The predicted molar refractivity (Wildman–Crippen MR) is 72.0 cm³/mol. The number of likely N-dealkylation sites (tertiary alicyclic amines) is 1. The number of hydrogen-bond acceptors (Lipinski definition) is 2. The van der Waals surface area contributed by atoms with E-state index in [1.54, 1.807) is 4.90 Å². The minimum Gasteiger partial charge on any atom is -0.480 e. The molecule has 1 aliphatic heterocycles. The van der Waals surface area contributed by atoms with Crippen LogP contribution in [0.4, 0.5) is 17.6 Å². The summed E-state index contributed by atoms with van der Waals surface area (Å²) >= 11 is 0. The van der Waals surface area contributed by atoms with E-state index in [1.807, 2.05) is 0 Å². The molecular formula is C15H17F4NO2.